The Bertz CT molecular complexity index is 764. The zero-order valence-electron chi connectivity index (χ0n) is 13.5. The molecule has 3 rings (SSSR count). The first-order valence-corrected chi connectivity index (χ1v) is 7.90. The molecular formula is C16H21N5O2. The van der Waals surface area contributed by atoms with Crippen LogP contribution in [0, 0.1) is 13.8 Å². The van der Waals surface area contributed by atoms with Gasteiger partial charge in [-0.05, 0) is 44.7 Å². The van der Waals surface area contributed by atoms with Gasteiger partial charge in [-0.2, -0.15) is 10.2 Å². The van der Waals surface area contributed by atoms with Crippen molar-refractivity contribution in [2.45, 2.75) is 45.7 Å². The fourth-order valence-electron chi connectivity index (χ4n) is 3.11. The van der Waals surface area contributed by atoms with Crippen molar-refractivity contribution >= 4 is 5.91 Å². The Kier molecular flexibility index (Phi) is 4.27. The van der Waals surface area contributed by atoms with E-state index in [1.165, 1.54) is 10.7 Å². The molecule has 1 unspecified atom stereocenters. The summed E-state index contributed by atoms with van der Waals surface area (Å²) in [4.78, 5) is 26.5. The molecule has 0 aliphatic carbocycles. The Morgan fingerprint density at radius 2 is 2.17 bits per heavy atom. The number of nitrogens with zero attached hydrogens (tertiary/aromatic N) is 4. The molecule has 0 bridgehead atoms. The van der Waals surface area contributed by atoms with E-state index in [9.17, 15) is 9.59 Å². The van der Waals surface area contributed by atoms with Gasteiger partial charge >= 0.3 is 0 Å². The average molecular weight is 315 g/mol. The molecule has 7 nitrogen and oxygen atoms in total. The first kappa shape index (κ1) is 15.5. The Morgan fingerprint density at radius 3 is 2.91 bits per heavy atom. The normalized spacial score (nSPS) is 18.2. The van der Waals surface area contributed by atoms with Crippen LogP contribution in [0.1, 0.15) is 42.3 Å². The Hall–Kier alpha value is -2.44. The molecule has 1 atom stereocenters. The van der Waals surface area contributed by atoms with Crippen molar-refractivity contribution in [3.8, 4) is 0 Å². The number of aromatic nitrogens is 4. The molecule has 1 aliphatic heterocycles. The summed E-state index contributed by atoms with van der Waals surface area (Å²) in [6, 6.07) is 3.10. The molecule has 2 aromatic heterocycles. The number of piperidine rings is 1. The lowest BCUT2D eigenvalue weighted by Gasteiger charge is -2.35. The van der Waals surface area contributed by atoms with Crippen molar-refractivity contribution in [3.63, 3.8) is 0 Å². The van der Waals surface area contributed by atoms with Crippen LogP contribution in [0.4, 0.5) is 0 Å². The molecule has 1 saturated heterocycles. The Balaban J connectivity index is 1.83. The number of carbonyl (C=O) groups is 1. The highest BCUT2D eigenvalue weighted by molar-refractivity contribution is 5.76. The molecule has 7 heteroatoms. The number of likely N-dealkylation sites (tertiary alicyclic amines) is 1. The van der Waals surface area contributed by atoms with Crippen LogP contribution >= 0.6 is 0 Å². The van der Waals surface area contributed by atoms with Crippen molar-refractivity contribution in [3.05, 3.63) is 45.6 Å². The number of nitrogens with one attached hydrogen (secondary N) is 1. The number of H-pyrrole nitrogens is 1. The average Bonchev–Trinajstić information content (AvgIpc) is 2.97. The summed E-state index contributed by atoms with van der Waals surface area (Å²) in [5.74, 6) is -0.0797. The van der Waals surface area contributed by atoms with E-state index in [-0.39, 0.29) is 24.1 Å². The van der Waals surface area contributed by atoms with Crippen LogP contribution in [-0.2, 0) is 11.3 Å². The Labute approximate surface area is 134 Å². The molecule has 1 fully saturated rings. The maximum absolute atomic E-state index is 12.7. The van der Waals surface area contributed by atoms with Crippen molar-refractivity contribution < 1.29 is 4.79 Å². The molecule has 122 valence electrons. The molecule has 1 aliphatic rings. The van der Waals surface area contributed by atoms with Crippen molar-refractivity contribution in [1.82, 2.24) is 24.9 Å². The van der Waals surface area contributed by atoms with Gasteiger partial charge in [0.05, 0.1) is 23.6 Å². The highest BCUT2D eigenvalue weighted by Crippen LogP contribution is 2.31. The van der Waals surface area contributed by atoms with Gasteiger partial charge in [-0.1, -0.05) is 0 Å². The number of carbonyl (C=O) groups excluding carboxylic acids is 1. The topological polar surface area (TPSA) is 83.9 Å². The van der Waals surface area contributed by atoms with E-state index in [0.29, 0.717) is 6.54 Å². The molecule has 1 N–H and O–H groups in total. The zero-order valence-corrected chi connectivity index (χ0v) is 13.5. The monoisotopic (exact) mass is 315 g/mol. The third-order valence-electron chi connectivity index (χ3n) is 4.31. The molecular weight excluding hydrogens is 294 g/mol. The van der Waals surface area contributed by atoms with Gasteiger partial charge in [0.2, 0.25) is 5.91 Å². The third kappa shape index (κ3) is 3.18. The largest absolute Gasteiger partial charge is 0.332 e. The van der Waals surface area contributed by atoms with Gasteiger partial charge in [0, 0.05) is 12.6 Å². The summed E-state index contributed by atoms with van der Waals surface area (Å²) in [5.41, 5.74) is 2.51. The number of amides is 1. The standard InChI is InChI=1S/C16H21N5O2/c1-11-9-17-18-16(11)13-5-3-4-8-20(13)15(23)10-21-14(22)7-6-12(2)19-21/h6-7,9,13H,3-5,8,10H2,1-2H3,(H,17,18). The second-order valence-electron chi connectivity index (χ2n) is 6.04. The number of hydrogen-bond donors (Lipinski definition) is 1. The SMILES string of the molecule is Cc1ccc(=O)n(CC(=O)N2CCCCC2c2[nH]ncc2C)n1. The van der Waals surface area contributed by atoms with Crippen LogP contribution in [0.15, 0.2) is 23.1 Å². The molecule has 1 amide bonds. The van der Waals surface area contributed by atoms with Crippen LogP contribution in [0.5, 0.6) is 0 Å². The number of aromatic amines is 1. The summed E-state index contributed by atoms with van der Waals surface area (Å²) < 4.78 is 1.24. The summed E-state index contributed by atoms with van der Waals surface area (Å²) in [5, 5.41) is 11.2. The number of hydrogen-bond acceptors (Lipinski definition) is 4. The highest BCUT2D eigenvalue weighted by Gasteiger charge is 2.30. The van der Waals surface area contributed by atoms with E-state index in [1.807, 2.05) is 11.8 Å². The van der Waals surface area contributed by atoms with Crippen LogP contribution in [0.2, 0.25) is 0 Å². The number of aryl methyl sites for hydroxylation is 2. The van der Waals surface area contributed by atoms with Crippen molar-refractivity contribution in [2.75, 3.05) is 6.54 Å². The lowest BCUT2D eigenvalue weighted by Crippen LogP contribution is -2.42. The van der Waals surface area contributed by atoms with E-state index in [2.05, 4.69) is 15.3 Å². The van der Waals surface area contributed by atoms with Crippen LogP contribution in [0.25, 0.3) is 0 Å². The van der Waals surface area contributed by atoms with Crippen LogP contribution in [-0.4, -0.2) is 37.3 Å². The molecule has 0 spiro atoms. The molecule has 2 aromatic rings. The Morgan fingerprint density at radius 1 is 1.35 bits per heavy atom. The quantitative estimate of drug-likeness (QED) is 0.926. The fourth-order valence-corrected chi connectivity index (χ4v) is 3.11. The van der Waals surface area contributed by atoms with Gasteiger partial charge in [0.1, 0.15) is 6.54 Å². The van der Waals surface area contributed by atoms with Gasteiger partial charge in [-0.3, -0.25) is 14.7 Å². The predicted octanol–water partition coefficient (Wildman–Crippen LogP) is 1.34. The minimum atomic E-state index is -0.254. The van der Waals surface area contributed by atoms with Gasteiger partial charge in [-0.25, -0.2) is 4.68 Å². The van der Waals surface area contributed by atoms with E-state index < -0.39 is 0 Å². The highest BCUT2D eigenvalue weighted by atomic mass is 16.2. The van der Waals surface area contributed by atoms with Crippen LogP contribution in [0.3, 0.4) is 0 Å². The first-order valence-electron chi connectivity index (χ1n) is 7.90. The van der Waals surface area contributed by atoms with Crippen LogP contribution < -0.4 is 5.56 Å². The maximum Gasteiger partial charge on any atom is 0.267 e. The molecule has 0 aromatic carbocycles. The fraction of sp³-hybridized carbons (Fsp3) is 0.500. The van der Waals surface area contributed by atoms with Gasteiger partial charge < -0.3 is 4.90 Å². The van der Waals surface area contributed by atoms with E-state index in [4.69, 9.17) is 0 Å². The molecule has 3 heterocycles. The summed E-state index contributed by atoms with van der Waals surface area (Å²) in [6.45, 7) is 4.47. The molecule has 0 saturated carbocycles. The molecule has 23 heavy (non-hydrogen) atoms. The molecule has 0 radical (unpaired) electrons. The number of rotatable bonds is 3. The second-order valence-corrected chi connectivity index (χ2v) is 6.04. The third-order valence-corrected chi connectivity index (χ3v) is 4.31. The van der Waals surface area contributed by atoms with Gasteiger partial charge in [-0.15, -0.1) is 0 Å². The second kappa shape index (κ2) is 6.36. The summed E-state index contributed by atoms with van der Waals surface area (Å²) in [7, 11) is 0. The van der Waals surface area contributed by atoms with Gasteiger partial charge in [0.25, 0.3) is 5.56 Å². The van der Waals surface area contributed by atoms with Crippen molar-refractivity contribution in [2.24, 2.45) is 0 Å². The smallest absolute Gasteiger partial charge is 0.267 e. The minimum Gasteiger partial charge on any atom is -0.332 e. The van der Waals surface area contributed by atoms with Gasteiger partial charge in [0.15, 0.2) is 0 Å². The van der Waals surface area contributed by atoms with Crippen molar-refractivity contribution in [1.29, 1.82) is 0 Å². The predicted molar refractivity (Wildman–Crippen MR) is 84.9 cm³/mol. The zero-order chi connectivity index (χ0) is 16.4. The first-order chi connectivity index (χ1) is 11.1. The lowest BCUT2D eigenvalue weighted by molar-refractivity contribution is -0.136. The minimum absolute atomic E-state index is 0.000684. The summed E-state index contributed by atoms with van der Waals surface area (Å²) in [6.07, 6.45) is 4.74. The van der Waals surface area contributed by atoms with E-state index >= 15 is 0 Å². The summed E-state index contributed by atoms with van der Waals surface area (Å²) >= 11 is 0. The van der Waals surface area contributed by atoms with E-state index in [1.54, 1.807) is 19.2 Å². The lowest BCUT2D eigenvalue weighted by atomic mass is 9.97. The maximum atomic E-state index is 12.7. The van der Waals surface area contributed by atoms with E-state index in [0.717, 1.165) is 36.2 Å².